The molecule has 0 N–H and O–H groups in total. The molecule has 0 spiro atoms. The number of thiazole rings is 1. The average Bonchev–Trinajstić information content (AvgIpc) is 3.47. The van der Waals surface area contributed by atoms with Gasteiger partial charge in [-0.05, 0) is 38.8 Å². The van der Waals surface area contributed by atoms with Gasteiger partial charge in [0.05, 0.1) is 28.5 Å². The summed E-state index contributed by atoms with van der Waals surface area (Å²) in [5, 5.41) is 14.8. The summed E-state index contributed by atoms with van der Waals surface area (Å²) < 4.78 is 3.08. The van der Waals surface area contributed by atoms with Crippen LogP contribution in [0.25, 0.3) is 21.4 Å². The van der Waals surface area contributed by atoms with E-state index in [4.69, 9.17) is 10.2 Å². The molecule has 1 aliphatic rings. The molecule has 1 fully saturated rings. The number of aryl methyl sites for hydroxylation is 2. The zero-order valence-corrected chi connectivity index (χ0v) is 22.2. The normalized spacial score (nSPS) is 19.7. The standard InChI is InChI=1S/C25H31N9OS/c1-6-17-13-34(23-22-21(31(5)25(35)29-23)14-32(30-22)11-10-26)18(7-2)12-33(17)15(3)19-8-9-20-24(28-19)36-16(4)27-20/h8-9,14-15,17-18H,6-7,11-13H2,1-5H3/t15-,17-,18+/m1/s1. The highest BCUT2D eigenvalue weighted by Gasteiger charge is 2.37. The van der Waals surface area contributed by atoms with Crippen LogP contribution >= 0.6 is 11.3 Å². The molecule has 0 amide bonds. The van der Waals surface area contributed by atoms with E-state index in [1.54, 1.807) is 29.3 Å². The maximum absolute atomic E-state index is 12.8. The first-order valence-corrected chi connectivity index (χ1v) is 13.2. The lowest BCUT2D eigenvalue weighted by molar-refractivity contribution is 0.0989. The smallest absolute Gasteiger partial charge is 0.349 e. The minimum Gasteiger partial charge on any atom is -0.349 e. The lowest BCUT2D eigenvalue weighted by Gasteiger charge is -2.48. The number of hydrogen-bond acceptors (Lipinski definition) is 9. The van der Waals surface area contributed by atoms with Gasteiger partial charge in [-0.1, -0.05) is 25.2 Å². The second kappa shape index (κ2) is 9.59. The van der Waals surface area contributed by atoms with Crippen molar-refractivity contribution < 1.29 is 0 Å². The highest BCUT2D eigenvalue weighted by atomic mass is 32.1. The Hall–Kier alpha value is -3.36. The Bertz CT molecular complexity index is 1510. The first kappa shape index (κ1) is 24.3. The molecule has 0 aromatic carbocycles. The molecule has 5 rings (SSSR count). The van der Waals surface area contributed by atoms with Crippen molar-refractivity contribution in [1.29, 1.82) is 5.26 Å². The molecule has 0 radical (unpaired) electrons. The molecule has 4 aromatic rings. The molecule has 0 bridgehead atoms. The Morgan fingerprint density at radius 2 is 1.94 bits per heavy atom. The third kappa shape index (κ3) is 4.14. The number of nitrogens with zero attached hydrogens (tertiary/aromatic N) is 9. The molecule has 11 heteroatoms. The van der Waals surface area contributed by atoms with Crippen LogP contribution in [0.5, 0.6) is 0 Å². The first-order chi connectivity index (χ1) is 17.3. The van der Waals surface area contributed by atoms with Gasteiger partial charge in [-0.25, -0.2) is 14.8 Å². The zero-order valence-electron chi connectivity index (χ0n) is 21.3. The van der Waals surface area contributed by atoms with E-state index >= 15 is 0 Å². The van der Waals surface area contributed by atoms with Crippen molar-refractivity contribution in [3.8, 4) is 6.07 Å². The summed E-state index contributed by atoms with van der Waals surface area (Å²) >= 11 is 1.63. The average molecular weight is 506 g/mol. The molecule has 0 aliphatic carbocycles. The molecule has 10 nitrogen and oxygen atoms in total. The van der Waals surface area contributed by atoms with E-state index in [2.05, 4.69) is 63.8 Å². The molecular formula is C25H31N9OS. The van der Waals surface area contributed by atoms with E-state index < -0.39 is 0 Å². The molecular weight excluding hydrogens is 474 g/mol. The van der Waals surface area contributed by atoms with Gasteiger partial charge in [-0.15, -0.1) is 0 Å². The van der Waals surface area contributed by atoms with Crippen molar-refractivity contribution >= 4 is 38.5 Å². The number of anilines is 1. The summed E-state index contributed by atoms with van der Waals surface area (Å²) in [6.07, 6.45) is 3.61. The fourth-order valence-corrected chi connectivity index (χ4v) is 6.05. The zero-order chi connectivity index (χ0) is 25.6. The fourth-order valence-electron chi connectivity index (χ4n) is 5.25. The maximum atomic E-state index is 12.8. The summed E-state index contributed by atoms with van der Waals surface area (Å²) in [5.41, 5.74) is 3.04. The third-order valence-corrected chi connectivity index (χ3v) is 8.18. The topological polar surface area (TPSA) is 109 Å². The lowest BCUT2D eigenvalue weighted by atomic mass is 9.99. The third-order valence-electron chi connectivity index (χ3n) is 7.30. The van der Waals surface area contributed by atoms with E-state index in [-0.39, 0.29) is 30.4 Å². The molecule has 1 saturated heterocycles. The van der Waals surface area contributed by atoms with Gasteiger partial charge in [0.25, 0.3) is 0 Å². The van der Waals surface area contributed by atoms with Crippen LogP contribution in [0.1, 0.15) is 50.4 Å². The van der Waals surface area contributed by atoms with Crippen molar-refractivity contribution in [3.05, 3.63) is 39.5 Å². The highest BCUT2D eigenvalue weighted by molar-refractivity contribution is 7.18. The van der Waals surface area contributed by atoms with Crippen molar-refractivity contribution in [3.63, 3.8) is 0 Å². The number of hydrogen-bond donors (Lipinski definition) is 0. The summed E-state index contributed by atoms with van der Waals surface area (Å²) in [6.45, 7) is 10.3. The van der Waals surface area contributed by atoms with Gasteiger partial charge in [0.1, 0.15) is 16.9 Å². The summed E-state index contributed by atoms with van der Waals surface area (Å²) in [7, 11) is 1.69. The molecule has 0 unspecified atom stereocenters. The minimum atomic E-state index is -0.315. The van der Waals surface area contributed by atoms with Gasteiger partial charge in [-0.3, -0.25) is 14.1 Å². The maximum Gasteiger partial charge on any atom is 0.349 e. The van der Waals surface area contributed by atoms with Gasteiger partial charge in [0.15, 0.2) is 11.3 Å². The van der Waals surface area contributed by atoms with Crippen LogP contribution in [-0.2, 0) is 13.6 Å². The van der Waals surface area contributed by atoms with Gasteiger partial charge < -0.3 is 4.90 Å². The number of aromatic nitrogens is 6. The second-order valence-corrected chi connectivity index (χ2v) is 10.6. The molecule has 36 heavy (non-hydrogen) atoms. The van der Waals surface area contributed by atoms with Crippen molar-refractivity contribution in [1.82, 2.24) is 34.2 Å². The molecule has 3 atom stereocenters. The van der Waals surface area contributed by atoms with Crippen LogP contribution in [-0.4, -0.2) is 59.4 Å². The summed E-state index contributed by atoms with van der Waals surface area (Å²) in [6, 6.07) is 6.85. The van der Waals surface area contributed by atoms with Gasteiger partial charge in [-0.2, -0.15) is 15.3 Å². The molecule has 4 aromatic heterocycles. The highest BCUT2D eigenvalue weighted by Crippen LogP contribution is 2.33. The Balaban J connectivity index is 1.50. The van der Waals surface area contributed by atoms with E-state index in [0.717, 1.165) is 47.0 Å². The monoisotopic (exact) mass is 505 g/mol. The van der Waals surface area contributed by atoms with E-state index in [1.165, 1.54) is 4.57 Å². The van der Waals surface area contributed by atoms with Crippen LogP contribution in [0.15, 0.2) is 23.1 Å². The number of piperazine rings is 1. The predicted molar refractivity (Wildman–Crippen MR) is 141 cm³/mol. The SMILES string of the molecule is CC[C@H]1CN([C@H](C)c2ccc3nc(C)sc3n2)[C@H](CC)CN1c1nc(=O)n(C)c2cn(CC#N)nc12. The first-order valence-electron chi connectivity index (χ1n) is 12.4. The second-order valence-electron chi connectivity index (χ2n) is 9.44. The van der Waals surface area contributed by atoms with Crippen LogP contribution in [0.2, 0.25) is 0 Å². The van der Waals surface area contributed by atoms with Crippen LogP contribution in [0.3, 0.4) is 0 Å². The quantitative estimate of drug-likeness (QED) is 0.392. The number of nitriles is 1. The Morgan fingerprint density at radius 3 is 2.67 bits per heavy atom. The number of fused-ring (bicyclic) bond motifs is 2. The Labute approximate surface area is 213 Å². The molecule has 0 saturated carbocycles. The van der Waals surface area contributed by atoms with Crippen molar-refractivity contribution in [2.45, 2.75) is 65.2 Å². The molecule has 5 heterocycles. The minimum absolute atomic E-state index is 0.124. The van der Waals surface area contributed by atoms with Gasteiger partial charge >= 0.3 is 5.69 Å². The predicted octanol–water partition coefficient (Wildman–Crippen LogP) is 3.41. The number of rotatable bonds is 6. The molecule has 1 aliphatic heterocycles. The number of pyridine rings is 1. The van der Waals surface area contributed by atoms with Crippen molar-refractivity contribution in [2.75, 3.05) is 18.0 Å². The van der Waals surface area contributed by atoms with Crippen LogP contribution in [0.4, 0.5) is 5.82 Å². The van der Waals surface area contributed by atoms with Crippen molar-refractivity contribution in [2.24, 2.45) is 7.05 Å². The largest absolute Gasteiger partial charge is 0.349 e. The lowest BCUT2D eigenvalue weighted by Crippen LogP contribution is -2.59. The van der Waals surface area contributed by atoms with Gasteiger partial charge in [0, 0.05) is 38.3 Å². The van der Waals surface area contributed by atoms with Crippen LogP contribution < -0.4 is 10.6 Å². The van der Waals surface area contributed by atoms with E-state index in [1.807, 2.05) is 6.92 Å². The Kier molecular flexibility index (Phi) is 6.49. The van der Waals surface area contributed by atoms with E-state index in [0.29, 0.717) is 16.9 Å². The summed E-state index contributed by atoms with van der Waals surface area (Å²) in [5.74, 6) is 0.613. The molecule has 188 valence electrons. The fraction of sp³-hybridized carbons (Fsp3) is 0.520. The Morgan fingerprint density at radius 1 is 1.17 bits per heavy atom. The van der Waals surface area contributed by atoms with E-state index in [9.17, 15) is 4.79 Å². The summed E-state index contributed by atoms with van der Waals surface area (Å²) in [4.78, 5) is 32.5. The van der Waals surface area contributed by atoms with Crippen LogP contribution in [0, 0.1) is 18.3 Å². The van der Waals surface area contributed by atoms with Gasteiger partial charge in [0.2, 0.25) is 0 Å².